The number of benzene rings is 1. The van der Waals surface area contributed by atoms with E-state index in [1.54, 1.807) is 12.1 Å². The second kappa shape index (κ2) is 7.67. The Hall–Kier alpha value is -2.07. The average molecular weight is 423 g/mol. The molecule has 0 bridgehead atoms. The number of halogens is 4. The summed E-state index contributed by atoms with van der Waals surface area (Å²) in [5.41, 5.74) is 3.41. The van der Waals surface area contributed by atoms with Crippen molar-refractivity contribution in [3.8, 4) is 5.75 Å². The maximum atomic E-state index is 12.6. The molecule has 5 nitrogen and oxygen atoms in total. The molecule has 128 valence electrons. The average Bonchev–Trinajstić information content (AvgIpc) is 2.96. The van der Waals surface area contributed by atoms with Gasteiger partial charge in [0.25, 0.3) is 11.8 Å². The van der Waals surface area contributed by atoms with E-state index in [-0.39, 0.29) is 5.75 Å². The van der Waals surface area contributed by atoms with E-state index in [0.717, 1.165) is 15.9 Å². The molecule has 0 aliphatic rings. The van der Waals surface area contributed by atoms with Crippen molar-refractivity contribution in [2.24, 2.45) is 0 Å². The van der Waals surface area contributed by atoms with Crippen molar-refractivity contribution in [3.05, 3.63) is 50.6 Å². The number of ether oxygens (including phenoxy) is 1. The van der Waals surface area contributed by atoms with Gasteiger partial charge in [-0.2, -0.15) is 13.2 Å². The monoisotopic (exact) mass is 422 g/mol. The first-order valence-corrected chi connectivity index (χ1v) is 8.01. The summed E-state index contributed by atoms with van der Waals surface area (Å²) in [5.74, 6) is -1.33. The highest BCUT2D eigenvalue weighted by Gasteiger charge is 2.30. The molecule has 1 heterocycles. The van der Waals surface area contributed by atoms with Gasteiger partial charge in [0, 0.05) is 0 Å². The van der Waals surface area contributed by atoms with Crippen molar-refractivity contribution in [1.82, 2.24) is 10.9 Å². The van der Waals surface area contributed by atoms with E-state index in [9.17, 15) is 22.8 Å². The van der Waals surface area contributed by atoms with E-state index in [0.29, 0.717) is 4.88 Å². The molecule has 0 aliphatic heterocycles. The summed E-state index contributed by atoms with van der Waals surface area (Å²) < 4.78 is 43.4. The molecule has 2 rings (SSSR count). The Morgan fingerprint density at radius 3 is 2.54 bits per heavy atom. The minimum atomic E-state index is -4.50. The van der Waals surface area contributed by atoms with E-state index >= 15 is 0 Å². The van der Waals surface area contributed by atoms with Crippen LogP contribution in [0.15, 0.2) is 40.2 Å². The van der Waals surface area contributed by atoms with Gasteiger partial charge in [-0.05, 0) is 46.3 Å². The Bertz CT molecular complexity index is 749. The van der Waals surface area contributed by atoms with Crippen LogP contribution in [0.1, 0.15) is 15.2 Å². The molecule has 24 heavy (non-hydrogen) atoms. The molecule has 0 unspecified atom stereocenters. The third kappa shape index (κ3) is 5.24. The van der Waals surface area contributed by atoms with Gasteiger partial charge in [-0.25, -0.2) is 0 Å². The van der Waals surface area contributed by atoms with Crippen LogP contribution in [0, 0.1) is 0 Å². The van der Waals surface area contributed by atoms with Gasteiger partial charge in [-0.3, -0.25) is 20.4 Å². The molecular formula is C14H10BrF3N2O3S. The molecule has 2 N–H and O–H groups in total. The summed E-state index contributed by atoms with van der Waals surface area (Å²) in [6.07, 6.45) is -4.50. The van der Waals surface area contributed by atoms with Crippen LogP contribution < -0.4 is 15.6 Å². The van der Waals surface area contributed by atoms with Gasteiger partial charge < -0.3 is 4.74 Å². The fourth-order valence-corrected chi connectivity index (χ4v) is 2.85. The molecular weight excluding hydrogens is 413 g/mol. The van der Waals surface area contributed by atoms with Crippen molar-refractivity contribution < 1.29 is 27.5 Å². The highest BCUT2D eigenvalue weighted by molar-refractivity contribution is 9.11. The lowest BCUT2D eigenvalue weighted by atomic mass is 10.2. The zero-order chi connectivity index (χ0) is 17.7. The number of carbonyl (C=O) groups excluding carboxylic acids is 2. The van der Waals surface area contributed by atoms with E-state index in [1.165, 1.54) is 23.5 Å². The molecule has 0 saturated carbocycles. The fraction of sp³-hybridized carbons (Fsp3) is 0.143. The Morgan fingerprint density at radius 2 is 1.92 bits per heavy atom. The third-order valence-corrected chi connectivity index (χ3v) is 4.27. The zero-order valence-corrected chi connectivity index (χ0v) is 14.2. The molecule has 0 radical (unpaired) electrons. The first-order chi connectivity index (χ1) is 11.3. The van der Waals surface area contributed by atoms with Gasteiger partial charge in [-0.15, -0.1) is 11.3 Å². The van der Waals surface area contributed by atoms with Crippen molar-refractivity contribution in [2.75, 3.05) is 6.61 Å². The van der Waals surface area contributed by atoms with Crippen LogP contribution in [0.25, 0.3) is 0 Å². The number of alkyl halides is 3. The van der Waals surface area contributed by atoms with Crippen LogP contribution in [-0.4, -0.2) is 18.4 Å². The predicted molar refractivity (Wildman–Crippen MR) is 84.6 cm³/mol. The van der Waals surface area contributed by atoms with Gasteiger partial charge >= 0.3 is 6.18 Å². The molecule has 10 heteroatoms. The van der Waals surface area contributed by atoms with E-state index in [2.05, 4.69) is 26.8 Å². The summed E-state index contributed by atoms with van der Waals surface area (Å²) in [6, 6.07) is 7.39. The summed E-state index contributed by atoms with van der Waals surface area (Å²) in [7, 11) is 0. The van der Waals surface area contributed by atoms with Crippen molar-refractivity contribution >= 4 is 39.1 Å². The Labute approximate surface area is 146 Å². The van der Waals surface area contributed by atoms with Gasteiger partial charge in [-0.1, -0.05) is 6.07 Å². The van der Waals surface area contributed by atoms with E-state index in [4.69, 9.17) is 4.74 Å². The maximum Gasteiger partial charge on any atom is 0.416 e. The molecule has 0 aliphatic carbocycles. The first kappa shape index (κ1) is 18.3. The predicted octanol–water partition coefficient (Wildman–Crippen LogP) is 3.37. The lowest BCUT2D eigenvalue weighted by Gasteiger charge is -2.10. The van der Waals surface area contributed by atoms with Crippen LogP contribution in [0.5, 0.6) is 5.75 Å². The Morgan fingerprint density at radius 1 is 1.17 bits per heavy atom. The zero-order valence-electron chi connectivity index (χ0n) is 11.8. The van der Waals surface area contributed by atoms with Gasteiger partial charge in [0.2, 0.25) is 0 Å². The molecule has 2 amide bonds. The number of hydrazine groups is 1. The topological polar surface area (TPSA) is 67.4 Å². The molecule has 1 aromatic carbocycles. The molecule has 0 spiro atoms. The molecule has 1 aromatic heterocycles. The minimum absolute atomic E-state index is 0.103. The maximum absolute atomic E-state index is 12.6. The van der Waals surface area contributed by atoms with E-state index < -0.39 is 30.2 Å². The number of nitrogens with one attached hydrogen (secondary N) is 2. The summed E-state index contributed by atoms with van der Waals surface area (Å²) >= 11 is 4.38. The standard InChI is InChI=1S/C14H10BrF3N2O3S/c15-11-5-4-10(24-11)13(22)20-19-12(21)7-23-9-3-1-2-8(6-9)14(16,17)18/h1-6H,7H2,(H,19,21)(H,20,22). The van der Waals surface area contributed by atoms with E-state index in [1.807, 2.05) is 0 Å². The highest BCUT2D eigenvalue weighted by Crippen LogP contribution is 2.31. The summed E-state index contributed by atoms with van der Waals surface area (Å²) in [6.45, 7) is -0.546. The SMILES string of the molecule is O=C(COc1cccc(C(F)(F)F)c1)NNC(=O)c1ccc(Br)s1. The van der Waals surface area contributed by atoms with Crippen LogP contribution in [-0.2, 0) is 11.0 Å². The molecule has 0 fully saturated rings. The number of hydrogen-bond donors (Lipinski definition) is 2. The van der Waals surface area contributed by atoms with Crippen molar-refractivity contribution in [2.45, 2.75) is 6.18 Å². The van der Waals surface area contributed by atoms with Gasteiger partial charge in [0.05, 0.1) is 14.2 Å². The van der Waals surface area contributed by atoms with Crippen LogP contribution in [0.2, 0.25) is 0 Å². The van der Waals surface area contributed by atoms with Gasteiger partial charge in [0.1, 0.15) is 5.75 Å². The number of amides is 2. The number of thiophene rings is 1. The number of hydrogen-bond acceptors (Lipinski definition) is 4. The lowest BCUT2D eigenvalue weighted by Crippen LogP contribution is -2.43. The smallest absolute Gasteiger partial charge is 0.416 e. The Kier molecular flexibility index (Phi) is 5.84. The van der Waals surface area contributed by atoms with Crippen LogP contribution >= 0.6 is 27.3 Å². The third-order valence-electron chi connectivity index (χ3n) is 2.64. The summed E-state index contributed by atoms with van der Waals surface area (Å²) in [5, 5.41) is 0. The first-order valence-electron chi connectivity index (χ1n) is 6.40. The molecule has 2 aromatic rings. The Balaban J connectivity index is 1.82. The fourth-order valence-electron chi connectivity index (χ4n) is 1.57. The largest absolute Gasteiger partial charge is 0.484 e. The molecule has 0 saturated heterocycles. The second-order valence-corrected chi connectivity index (χ2v) is 6.88. The second-order valence-electron chi connectivity index (χ2n) is 4.42. The lowest BCUT2D eigenvalue weighted by molar-refractivity contribution is -0.137. The quantitative estimate of drug-likeness (QED) is 0.742. The summed E-state index contributed by atoms with van der Waals surface area (Å²) in [4.78, 5) is 23.6. The van der Waals surface area contributed by atoms with Crippen LogP contribution in [0.3, 0.4) is 0 Å². The number of carbonyl (C=O) groups is 2. The normalized spacial score (nSPS) is 11.0. The molecule has 0 atom stereocenters. The van der Waals surface area contributed by atoms with Crippen molar-refractivity contribution in [1.29, 1.82) is 0 Å². The van der Waals surface area contributed by atoms with Crippen LogP contribution in [0.4, 0.5) is 13.2 Å². The minimum Gasteiger partial charge on any atom is -0.484 e. The van der Waals surface area contributed by atoms with Crippen molar-refractivity contribution in [3.63, 3.8) is 0 Å². The highest BCUT2D eigenvalue weighted by atomic mass is 79.9. The van der Waals surface area contributed by atoms with Gasteiger partial charge in [0.15, 0.2) is 6.61 Å². The number of rotatable bonds is 4.